The molecule has 0 aliphatic rings. The van der Waals surface area contributed by atoms with E-state index in [0.29, 0.717) is 0 Å². The molecule has 1 rings (SSSR count). The first kappa shape index (κ1) is 16.2. The average Bonchev–Trinajstić information content (AvgIpc) is 2.43. The van der Waals surface area contributed by atoms with E-state index in [1.807, 2.05) is 36.1 Å². The third-order valence-corrected chi connectivity index (χ3v) is 3.70. The molecule has 1 amide bonds. The molecule has 1 aromatic rings. The van der Waals surface area contributed by atoms with Crippen molar-refractivity contribution in [3.05, 3.63) is 35.4 Å². The summed E-state index contributed by atoms with van der Waals surface area (Å²) in [7, 11) is 4.11. The predicted octanol–water partition coefficient (Wildman–Crippen LogP) is 3.00. The largest absolute Gasteiger partial charge is 0.339 e. The van der Waals surface area contributed by atoms with Gasteiger partial charge in [0.2, 0.25) is 0 Å². The van der Waals surface area contributed by atoms with E-state index in [2.05, 4.69) is 34.9 Å². The third-order valence-electron chi connectivity index (χ3n) is 3.06. The van der Waals surface area contributed by atoms with Crippen molar-refractivity contribution in [3.63, 3.8) is 0 Å². The molecule has 19 heavy (non-hydrogen) atoms. The highest BCUT2D eigenvalue weighted by Gasteiger charge is 2.13. The lowest BCUT2D eigenvalue weighted by Gasteiger charge is -2.22. The van der Waals surface area contributed by atoms with Crippen molar-refractivity contribution < 1.29 is 4.79 Å². The maximum absolute atomic E-state index is 12.4. The zero-order chi connectivity index (χ0) is 14.3. The summed E-state index contributed by atoms with van der Waals surface area (Å²) in [6.07, 6.45) is 1.01. The van der Waals surface area contributed by atoms with Crippen LogP contribution in [0.3, 0.4) is 0 Å². The van der Waals surface area contributed by atoms with Crippen molar-refractivity contribution in [2.24, 2.45) is 0 Å². The van der Waals surface area contributed by atoms with E-state index in [-0.39, 0.29) is 5.91 Å². The molecule has 0 heterocycles. The number of carbonyl (C=O) groups is 1. The quantitative estimate of drug-likeness (QED) is 0.719. The fourth-order valence-corrected chi connectivity index (χ4v) is 2.27. The van der Waals surface area contributed by atoms with Gasteiger partial charge in [0.1, 0.15) is 0 Å². The van der Waals surface area contributed by atoms with Gasteiger partial charge in [0.25, 0.3) is 5.91 Å². The van der Waals surface area contributed by atoms with Gasteiger partial charge >= 0.3 is 0 Å². The molecule has 0 saturated heterocycles. The SMILES string of the molecule is CCN(CCCN(C)C)C(=O)c1ccc(CBr)cc1. The number of halogens is 1. The first-order chi connectivity index (χ1) is 9.08. The second-order valence-electron chi connectivity index (χ2n) is 4.87. The van der Waals surface area contributed by atoms with E-state index in [1.54, 1.807) is 0 Å². The molecular formula is C15H23BrN2O. The Labute approximate surface area is 124 Å². The van der Waals surface area contributed by atoms with Crippen molar-refractivity contribution in [2.75, 3.05) is 33.7 Å². The molecule has 0 N–H and O–H groups in total. The van der Waals surface area contributed by atoms with Crippen LogP contribution in [-0.2, 0) is 5.33 Å². The van der Waals surface area contributed by atoms with Gasteiger partial charge in [-0.05, 0) is 51.7 Å². The first-order valence-electron chi connectivity index (χ1n) is 6.67. The van der Waals surface area contributed by atoms with Gasteiger partial charge in [-0.25, -0.2) is 0 Å². The number of hydrogen-bond acceptors (Lipinski definition) is 2. The van der Waals surface area contributed by atoms with Crippen LogP contribution in [0.25, 0.3) is 0 Å². The number of alkyl halides is 1. The lowest BCUT2D eigenvalue weighted by Crippen LogP contribution is -2.33. The lowest BCUT2D eigenvalue weighted by atomic mass is 10.1. The molecule has 0 unspecified atom stereocenters. The number of carbonyl (C=O) groups excluding carboxylic acids is 1. The van der Waals surface area contributed by atoms with E-state index in [0.717, 1.165) is 36.9 Å². The minimum Gasteiger partial charge on any atom is -0.339 e. The molecule has 0 spiro atoms. The highest BCUT2D eigenvalue weighted by Crippen LogP contribution is 2.10. The molecule has 0 aliphatic heterocycles. The molecule has 0 atom stereocenters. The van der Waals surface area contributed by atoms with Crippen LogP contribution in [0.2, 0.25) is 0 Å². The summed E-state index contributed by atoms with van der Waals surface area (Å²) in [5.74, 6) is 0.127. The van der Waals surface area contributed by atoms with Crippen LogP contribution in [0, 0.1) is 0 Å². The summed E-state index contributed by atoms with van der Waals surface area (Å²) in [4.78, 5) is 16.4. The minimum absolute atomic E-state index is 0.127. The standard InChI is InChI=1S/C15H23BrN2O/c1-4-18(11-5-10-17(2)3)15(19)14-8-6-13(12-16)7-9-14/h6-9H,4-5,10-12H2,1-3H3. The van der Waals surface area contributed by atoms with E-state index in [1.165, 1.54) is 5.56 Å². The maximum atomic E-state index is 12.4. The molecule has 0 aromatic heterocycles. The van der Waals surface area contributed by atoms with E-state index >= 15 is 0 Å². The Morgan fingerprint density at radius 1 is 1.16 bits per heavy atom. The molecule has 0 fully saturated rings. The molecule has 0 aliphatic carbocycles. The van der Waals surface area contributed by atoms with Crippen LogP contribution in [0.5, 0.6) is 0 Å². The Balaban J connectivity index is 2.61. The van der Waals surface area contributed by atoms with Gasteiger partial charge in [0, 0.05) is 24.0 Å². The molecule has 4 heteroatoms. The Morgan fingerprint density at radius 3 is 2.26 bits per heavy atom. The summed E-state index contributed by atoms with van der Waals surface area (Å²) in [6.45, 7) is 4.60. The van der Waals surface area contributed by atoms with Gasteiger partial charge in [-0.3, -0.25) is 4.79 Å². The van der Waals surface area contributed by atoms with Crippen molar-refractivity contribution in [3.8, 4) is 0 Å². The summed E-state index contributed by atoms with van der Waals surface area (Å²) in [6, 6.07) is 7.81. The number of hydrogen-bond donors (Lipinski definition) is 0. The van der Waals surface area contributed by atoms with Crippen molar-refractivity contribution in [2.45, 2.75) is 18.7 Å². The maximum Gasteiger partial charge on any atom is 0.253 e. The first-order valence-corrected chi connectivity index (χ1v) is 7.79. The summed E-state index contributed by atoms with van der Waals surface area (Å²) in [5, 5.41) is 0.821. The Bertz CT molecular complexity index is 390. The highest BCUT2D eigenvalue weighted by molar-refractivity contribution is 9.08. The van der Waals surface area contributed by atoms with Crippen LogP contribution >= 0.6 is 15.9 Å². The molecule has 0 saturated carbocycles. The number of amides is 1. The molecule has 106 valence electrons. The zero-order valence-corrected chi connectivity index (χ0v) is 13.6. The van der Waals surface area contributed by atoms with E-state index in [4.69, 9.17) is 0 Å². The Kier molecular flexibility index (Phi) is 7.10. The topological polar surface area (TPSA) is 23.6 Å². The fraction of sp³-hybridized carbons (Fsp3) is 0.533. The van der Waals surface area contributed by atoms with Crippen LogP contribution in [0.15, 0.2) is 24.3 Å². The van der Waals surface area contributed by atoms with Crippen molar-refractivity contribution >= 4 is 21.8 Å². The van der Waals surface area contributed by atoms with Gasteiger partial charge in [-0.15, -0.1) is 0 Å². The summed E-state index contributed by atoms with van der Waals surface area (Å²) in [5.41, 5.74) is 1.96. The predicted molar refractivity (Wildman–Crippen MR) is 83.8 cm³/mol. The van der Waals surface area contributed by atoms with Gasteiger partial charge in [0.15, 0.2) is 0 Å². The Hall–Kier alpha value is -0.870. The number of benzene rings is 1. The smallest absolute Gasteiger partial charge is 0.253 e. The molecular weight excluding hydrogens is 304 g/mol. The molecule has 3 nitrogen and oxygen atoms in total. The van der Waals surface area contributed by atoms with Crippen LogP contribution in [0.4, 0.5) is 0 Å². The Morgan fingerprint density at radius 2 is 1.79 bits per heavy atom. The van der Waals surface area contributed by atoms with Crippen molar-refractivity contribution in [1.82, 2.24) is 9.80 Å². The second-order valence-corrected chi connectivity index (χ2v) is 5.43. The number of nitrogens with zero attached hydrogens (tertiary/aromatic N) is 2. The summed E-state index contributed by atoms with van der Waals surface area (Å²) < 4.78 is 0. The van der Waals surface area contributed by atoms with Gasteiger partial charge in [-0.2, -0.15) is 0 Å². The van der Waals surface area contributed by atoms with E-state index < -0.39 is 0 Å². The van der Waals surface area contributed by atoms with E-state index in [9.17, 15) is 4.79 Å². The third kappa shape index (κ3) is 5.33. The lowest BCUT2D eigenvalue weighted by molar-refractivity contribution is 0.0759. The van der Waals surface area contributed by atoms with Crippen LogP contribution in [-0.4, -0.2) is 49.4 Å². The average molecular weight is 327 g/mol. The minimum atomic E-state index is 0.127. The van der Waals surface area contributed by atoms with Crippen LogP contribution in [0.1, 0.15) is 29.3 Å². The van der Waals surface area contributed by atoms with Gasteiger partial charge in [-0.1, -0.05) is 28.1 Å². The van der Waals surface area contributed by atoms with Gasteiger partial charge in [0.05, 0.1) is 0 Å². The molecule has 1 aromatic carbocycles. The normalized spacial score (nSPS) is 10.8. The molecule has 0 bridgehead atoms. The van der Waals surface area contributed by atoms with Crippen LogP contribution < -0.4 is 0 Å². The molecule has 0 radical (unpaired) electrons. The number of rotatable bonds is 7. The fourth-order valence-electron chi connectivity index (χ4n) is 1.90. The zero-order valence-electron chi connectivity index (χ0n) is 12.0. The van der Waals surface area contributed by atoms with Gasteiger partial charge < -0.3 is 9.80 Å². The highest BCUT2D eigenvalue weighted by atomic mass is 79.9. The summed E-state index contributed by atoms with van der Waals surface area (Å²) >= 11 is 3.41. The monoisotopic (exact) mass is 326 g/mol. The van der Waals surface area contributed by atoms with Crippen molar-refractivity contribution in [1.29, 1.82) is 0 Å². The second kappa shape index (κ2) is 8.33.